The van der Waals surface area contributed by atoms with E-state index in [1.54, 1.807) is 0 Å². The molecular formula is C16H26O2. The van der Waals surface area contributed by atoms with Crippen molar-refractivity contribution in [3.05, 3.63) is 36.4 Å². The number of carbonyl (C=O) groups excluding carboxylic acids is 1. The van der Waals surface area contributed by atoms with Gasteiger partial charge in [0.2, 0.25) is 0 Å². The number of esters is 1. The summed E-state index contributed by atoms with van der Waals surface area (Å²) in [6.45, 7) is 4.54. The van der Waals surface area contributed by atoms with Crippen LogP contribution in [-0.2, 0) is 9.53 Å². The van der Waals surface area contributed by atoms with Crippen LogP contribution in [0.2, 0.25) is 0 Å². The third-order valence-electron chi connectivity index (χ3n) is 2.46. The van der Waals surface area contributed by atoms with Gasteiger partial charge < -0.3 is 4.74 Å². The van der Waals surface area contributed by atoms with Crippen molar-refractivity contribution in [1.82, 2.24) is 0 Å². The molecule has 0 N–H and O–H groups in total. The van der Waals surface area contributed by atoms with E-state index in [1.807, 2.05) is 43.3 Å². The first-order chi connectivity index (χ1) is 8.81. The third kappa shape index (κ3) is 12.8. The van der Waals surface area contributed by atoms with E-state index in [0.29, 0.717) is 13.0 Å². The van der Waals surface area contributed by atoms with E-state index in [0.717, 1.165) is 12.8 Å². The smallest absolute Gasteiger partial charge is 0.305 e. The zero-order valence-electron chi connectivity index (χ0n) is 11.7. The molecule has 0 spiro atoms. The molecule has 0 aromatic heterocycles. The molecular weight excluding hydrogens is 224 g/mol. The quantitative estimate of drug-likeness (QED) is 0.522. The van der Waals surface area contributed by atoms with Crippen molar-refractivity contribution in [2.24, 2.45) is 0 Å². The average molecular weight is 250 g/mol. The molecule has 0 unspecified atom stereocenters. The molecule has 0 bridgehead atoms. The summed E-state index contributed by atoms with van der Waals surface area (Å²) in [5, 5.41) is 0. The second kappa shape index (κ2) is 13.8. The van der Waals surface area contributed by atoms with Crippen molar-refractivity contribution in [2.75, 3.05) is 6.61 Å². The van der Waals surface area contributed by atoms with Crippen LogP contribution in [0.1, 0.15) is 52.4 Å². The Labute approximate surface area is 111 Å². The molecule has 18 heavy (non-hydrogen) atoms. The predicted molar refractivity (Wildman–Crippen MR) is 76.5 cm³/mol. The van der Waals surface area contributed by atoms with Gasteiger partial charge in [-0.1, -0.05) is 69.0 Å². The van der Waals surface area contributed by atoms with Gasteiger partial charge in [0.05, 0.1) is 6.61 Å². The van der Waals surface area contributed by atoms with Crippen LogP contribution >= 0.6 is 0 Å². The summed E-state index contributed by atoms with van der Waals surface area (Å²) < 4.78 is 4.81. The number of unbranched alkanes of at least 4 members (excludes halogenated alkanes) is 4. The van der Waals surface area contributed by atoms with Crippen LogP contribution in [0.3, 0.4) is 0 Å². The summed E-state index contributed by atoms with van der Waals surface area (Å²) in [5.41, 5.74) is 0. The molecule has 2 heteroatoms. The van der Waals surface area contributed by atoms with Gasteiger partial charge in [0, 0.05) is 6.42 Å². The lowest BCUT2D eigenvalue weighted by Crippen LogP contribution is -2.02. The van der Waals surface area contributed by atoms with Crippen LogP contribution in [0, 0.1) is 0 Å². The molecule has 0 saturated carbocycles. The molecule has 1 rings (SSSR count). The van der Waals surface area contributed by atoms with Gasteiger partial charge in [0.25, 0.3) is 0 Å². The number of carbonyl (C=O) groups is 1. The molecule has 0 radical (unpaired) electrons. The fraction of sp³-hybridized carbons (Fsp3) is 0.562. The number of hydrogen-bond donors (Lipinski definition) is 0. The van der Waals surface area contributed by atoms with Gasteiger partial charge in [-0.15, -0.1) is 0 Å². The number of hydrogen-bond acceptors (Lipinski definition) is 2. The Bertz CT molecular complexity index is 243. The fourth-order valence-corrected chi connectivity index (χ4v) is 1.49. The number of benzene rings is 1. The van der Waals surface area contributed by atoms with Crippen molar-refractivity contribution in [3.8, 4) is 0 Å². The lowest BCUT2D eigenvalue weighted by molar-refractivity contribution is -0.143. The number of rotatable bonds is 7. The monoisotopic (exact) mass is 250 g/mol. The van der Waals surface area contributed by atoms with Crippen LogP contribution in [0.25, 0.3) is 0 Å². The molecule has 102 valence electrons. The Balaban J connectivity index is 0.000000397. The predicted octanol–water partition coefficient (Wildman–Crippen LogP) is 4.60. The molecule has 0 atom stereocenters. The standard InChI is InChI=1S/C10H20O2.C6H6/c1-3-5-6-7-8-9-10(11)12-4-2;1-2-4-6-5-3-1/h3-9H2,1-2H3;1-6H. The third-order valence-corrected chi connectivity index (χ3v) is 2.46. The second-order valence-electron chi connectivity index (χ2n) is 4.12. The second-order valence-corrected chi connectivity index (χ2v) is 4.12. The molecule has 1 aromatic rings. The minimum Gasteiger partial charge on any atom is -0.466 e. The Morgan fingerprint density at radius 2 is 1.33 bits per heavy atom. The van der Waals surface area contributed by atoms with Gasteiger partial charge >= 0.3 is 5.97 Å². The average Bonchev–Trinajstić information content (AvgIpc) is 2.41. The number of ether oxygens (including phenoxy) is 1. The highest BCUT2D eigenvalue weighted by atomic mass is 16.5. The van der Waals surface area contributed by atoms with Crippen molar-refractivity contribution < 1.29 is 9.53 Å². The van der Waals surface area contributed by atoms with E-state index < -0.39 is 0 Å². The first-order valence-electron chi connectivity index (χ1n) is 6.96. The summed E-state index contributed by atoms with van der Waals surface area (Å²) in [6, 6.07) is 12.0. The Hall–Kier alpha value is -1.31. The van der Waals surface area contributed by atoms with Gasteiger partial charge in [-0.3, -0.25) is 4.79 Å². The van der Waals surface area contributed by atoms with Crippen molar-refractivity contribution >= 4 is 5.97 Å². The van der Waals surface area contributed by atoms with E-state index in [1.165, 1.54) is 19.3 Å². The molecule has 0 aliphatic carbocycles. The Kier molecular flexibility index (Phi) is 12.8. The van der Waals surface area contributed by atoms with E-state index in [4.69, 9.17) is 4.74 Å². The van der Waals surface area contributed by atoms with E-state index in [9.17, 15) is 4.79 Å². The highest BCUT2D eigenvalue weighted by Crippen LogP contribution is 2.05. The highest BCUT2D eigenvalue weighted by molar-refractivity contribution is 5.69. The van der Waals surface area contributed by atoms with Crippen LogP contribution in [0.4, 0.5) is 0 Å². The molecule has 0 aliphatic rings. The van der Waals surface area contributed by atoms with Crippen molar-refractivity contribution in [3.63, 3.8) is 0 Å². The van der Waals surface area contributed by atoms with Gasteiger partial charge in [0.1, 0.15) is 0 Å². The van der Waals surface area contributed by atoms with E-state index in [2.05, 4.69) is 6.92 Å². The van der Waals surface area contributed by atoms with Crippen LogP contribution < -0.4 is 0 Å². The zero-order valence-corrected chi connectivity index (χ0v) is 11.7. The van der Waals surface area contributed by atoms with Crippen molar-refractivity contribution in [1.29, 1.82) is 0 Å². The molecule has 0 amide bonds. The van der Waals surface area contributed by atoms with Crippen LogP contribution in [-0.4, -0.2) is 12.6 Å². The van der Waals surface area contributed by atoms with Gasteiger partial charge in [-0.05, 0) is 13.3 Å². The molecule has 0 fully saturated rings. The minimum absolute atomic E-state index is 0.0472. The lowest BCUT2D eigenvalue weighted by Gasteiger charge is -2.00. The van der Waals surface area contributed by atoms with E-state index >= 15 is 0 Å². The normalized spacial score (nSPS) is 9.22. The molecule has 0 heterocycles. The minimum atomic E-state index is -0.0472. The molecule has 1 aromatic carbocycles. The van der Waals surface area contributed by atoms with Crippen LogP contribution in [0.5, 0.6) is 0 Å². The molecule has 0 aliphatic heterocycles. The van der Waals surface area contributed by atoms with Gasteiger partial charge in [-0.25, -0.2) is 0 Å². The zero-order chi connectivity index (χ0) is 13.5. The maximum atomic E-state index is 10.9. The first-order valence-corrected chi connectivity index (χ1v) is 6.96. The Morgan fingerprint density at radius 3 is 1.78 bits per heavy atom. The summed E-state index contributed by atoms with van der Waals surface area (Å²) in [4.78, 5) is 10.9. The maximum absolute atomic E-state index is 10.9. The fourth-order valence-electron chi connectivity index (χ4n) is 1.49. The Morgan fingerprint density at radius 1 is 0.833 bits per heavy atom. The highest BCUT2D eigenvalue weighted by Gasteiger charge is 1.99. The summed E-state index contributed by atoms with van der Waals surface area (Å²) >= 11 is 0. The first kappa shape index (κ1) is 16.7. The van der Waals surface area contributed by atoms with Crippen LogP contribution in [0.15, 0.2) is 36.4 Å². The summed E-state index contributed by atoms with van der Waals surface area (Å²) in [7, 11) is 0. The summed E-state index contributed by atoms with van der Waals surface area (Å²) in [6.07, 6.45) is 6.52. The largest absolute Gasteiger partial charge is 0.466 e. The molecule has 2 nitrogen and oxygen atoms in total. The molecule has 0 saturated heterocycles. The van der Waals surface area contributed by atoms with E-state index in [-0.39, 0.29) is 5.97 Å². The van der Waals surface area contributed by atoms with Gasteiger partial charge in [-0.2, -0.15) is 0 Å². The summed E-state index contributed by atoms with van der Waals surface area (Å²) in [5.74, 6) is -0.0472. The SMILES string of the molecule is CCCCCCCC(=O)OCC.c1ccccc1. The lowest BCUT2D eigenvalue weighted by atomic mass is 10.1. The van der Waals surface area contributed by atoms with Gasteiger partial charge in [0.15, 0.2) is 0 Å². The maximum Gasteiger partial charge on any atom is 0.305 e. The van der Waals surface area contributed by atoms with Crippen molar-refractivity contribution in [2.45, 2.75) is 52.4 Å². The topological polar surface area (TPSA) is 26.3 Å².